The van der Waals surface area contributed by atoms with E-state index in [1.54, 1.807) is 24.3 Å². The van der Waals surface area contributed by atoms with Crippen LogP contribution in [0.15, 0.2) is 18.2 Å². The van der Waals surface area contributed by atoms with Crippen LogP contribution < -0.4 is 10.1 Å². The van der Waals surface area contributed by atoms with E-state index in [2.05, 4.69) is 5.32 Å². The van der Waals surface area contributed by atoms with Gasteiger partial charge >= 0.3 is 0 Å². The predicted octanol–water partition coefficient (Wildman–Crippen LogP) is 0.749. The lowest BCUT2D eigenvalue weighted by Crippen LogP contribution is -2.33. The number of ether oxygens (including phenoxy) is 1. The lowest BCUT2D eigenvalue weighted by molar-refractivity contribution is -0.133. The van der Waals surface area contributed by atoms with Gasteiger partial charge in [0.1, 0.15) is 5.75 Å². The Kier molecular flexibility index (Phi) is 2.29. The van der Waals surface area contributed by atoms with E-state index in [9.17, 15) is 9.90 Å². The second-order valence-corrected chi connectivity index (χ2v) is 3.53. The number of hydrogen-bond donors (Lipinski definition) is 2. The van der Waals surface area contributed by atoms with Crippen LogP contribution in [0.3, 0.4) is 0 Å². The van der Waals surface area contributed by atoms with Gasteiger partial charge in [-0.3, -0.25) is 4.79 Å². The van der Waals surface area contributed by atoms with Gasteiger partial charge in [0, 0.05) is 0 Å². The maximum atomic E-state index is 11.6. The predicted molar refractivity (Wildman–Crippen MR) is 55.8 cm³/mol. The molecule has 1 aliphatic rings. The molecule has 2 rings (SSSR count). The number of benzene rings is 1. The number of carbonyl (C=O) groups is 1. The number of anilines is 1. The third kappa shape index (κ3) is 1.24. The zero-order valence-corrected chi connectivity index (χ0v) is 8.65. The number of carbonyl (C=O) groups excluding carboxylic acids is 1. The van der Waals surface area contributed by atoms with Gasteiger partial charge in [-0.25, -0.2) is 0 Å². The van der Waals surface area contributed by atoms with Gasteiger partial charge in [0.25, 0.3) is 5.91 Å². The van der Waals surface area contributed by atoms with Crippen LogP contribution in [0.4, 0.5) is 5.69 Å². The highest BCUT2D eigenvalue weighted by Crippen LogP contribution is 2.43. The molecule has 0 fully saturated rings. The molecule has 5 heteroatoms. The Morgan fingerprint density at radius 3 is 3.00 bits per heavy atom. The Morgan fingerprint density at radius 1 is 1.62 bits per heavy atom. The fourth-order valence-corrected chi connectivity index (χ4v) is 1.85. The van der Waals surface area contributed by atoms with E-state index in [0.29, 0.717) is 17.0 Å². The monoisotopic (exact) mass is 218 g/mol. The second-order valence-electron chi connectivity index (χ2n) is 3.53. The number of fused-ring (bicyclic) bond motifs is 1. The molecule has 1 aromatic rings. The van der Waals surface area contributed by atoms with Gasteiger partial charge in [-0.15, -0.1) is 0 Å². The zero-order chi connectivity index (χ0) is 11.8. The molecular weight excluding hydrogens is 208 g/mol. The summed E-state index contributed by atoms with van der Waals surface area (Å²) in [6.07, 6.45) is -0.299. The largest absolute Gasteiger partial charge is 0.496 e. The Bertz CT molecular complexity index is 492. The summed E-state index contributed by atoms with van der Waals surface area (Å²) in [6.45, 7) is 0. The molecule has 5 nitrogen and oxygen atoms in total. The van der Waals surface area contributed by atoms with Gasteiger partial charge in [-0.1, -0.05) is 6.07 Å². The fraction of sp³-hybridized carbons (Fsp3) is 0.273. The van der Waals surface area contributed by atoms with Crippen LogP contribution in [-0.4, -0.2) is 18.1 Å². The average molecular weight is 218 g/mol. The van der Waals surface area contributed by atoms with Crippen LogP contribution in [0.1, 0.15) is 12.0 Å². The number of nitrogens with zero attached hydrogens (tertiary/aromatic N) is 1. The minimum atomic E-state index is -1.81. The molecule has 0 aliphatic carbocycles. The summed E-state index contributed by atoms with van der Waals surface area (Å²) < 4.78 is 5.09. The zero-order valence-electron chi connectivity index (χ0n) is 8.65. The van der Waals surface area contributed by atoms with Crippen molar-refractivity contribution in [3.63, 3.8) is 0 Å². The molecule has 2 N–H and O–H groups in total. The second kappa shape index (κ2) is 3.51. The van der Waals surface area contributed by atoms with E-state index in [-0.39, 0.29) is 6.42 Å². The van der Waals surface area contributed by atoms with Crippen molar-refractivity contribution < 1.29 is 14.6 Å². The SMILES string of the molecule is COc1cccc2c1C(O)(CC#N)C(=O)N2. The van der Waals surface area contributed by atoms with Gasteiger partial charge in [0.15, 0.2) is 5.60 Å². The number of hydrogen-bond acceptors (Lipinski definition) is 4. The molecule has 1 aromatic carbocycles. The number of aliphatic hydroxyl groups is 1. The number of nitrogens with one attached hydrogen (secondary N) is 1. The highest BCUT2D eigenvalue weighted by atomic mass is 16.5. The number of methoxy groups -OCH3 is 1. The molecular formula is C11H10N2O3. The van der Waals surface area contributed by atoms with Crippen LogP contribution in [0.25, 0.3) is 0 Å². The quantitative estimate of drug-likeness (QED) is 0.767. The Morgan fingerprint density at radius 2 is 2.38 bits per heavy atom. The standard InChI is InChI=1S/C11H10N2O3/c1-16-8-4-2-3-7-9(8)11(15,5-6-12)10(14)13-7/h2-4,15H,5H2,1H3,(H,13,14). The third-order valence-corrected chi connectivity index (χ3v) is 2.62. The number of amides is 1. The van der Waals surface area contributed by atoms with E-state index in [0.717, 1.165) is 0 Å². The summed E-state index contributed by atoms with van der Waals surface area (Å²) in [5, 5.41) is 21.4. The summed E-state index contributed by atoms with van der Waals surface area (Å²) in [5.41, 5.74) is -0.984. The third-order valence-electron chi connectivity index (χ3n) is 2.62. The lowest BCUT2D eigenvalue weighted by Gasteiger charge is -2.18. The van der Waals surface area contributed by atoms with E-state index in [4.69, 9.17) is 10.00 Å². The maximum absolute atomic E-state index is 11.6. The number of rotatable bonds is 2. The Labute approximate surface area is 92.3 Å². The van der Waals surface area contributed by atoms with Gasteiger partial charge in [0.05, 0.1) is 30.9 Å². The first-order chi connectivity index (χ1) is 7.63. The van der Waals surface area contributed by atoms with Gasteiger partial charge in [-0.2, -0.15) is 5.26 Å². The van der Waals surface area contributed by atoms with Crippen molar-refractivity contribution in [3.05, 3.63) is 23.8 Å². The van der Waals surface area contributed by atoms with Crippen LogP contribution in [-0.2, 0) is 10.4 Å². The first-order valence-electron chi connectivity index (χ1n) is 4.71. The van der Waals surface area contributed by atoms with E-state index >= 15 is 0 Å². The molecule has 0 radical (unpaired) electrons. The minimum Gasteiger partial charge on any atom is -0.496 e. The summed E-state index contributed by atoms with van der Waals surface area (Å²) >= 11 is 0. The molecule has 1 unspecified atom stereocenters. The fourth-order valence-electron chi connectivity index (χ4n) is 1.85. The van der Waals surface area contributed by atoms with Gasteiger partial charge in [-0.05, 0) is 12.1 Å². The molecule has 1 atom stereocenters. The molecule has 82 valence electrons. The molecule has 0 spiro atoms. The smallest absolute Gasteiger partial charge is 0.262 e. The average Bonchev–Trinajstić information content (AvgIpc) is 2.52. The van der Waals surface area contributed by atoms with Crippen molar-refractivity contribution >= 4 is 11.6 Å². The summed E-state index contributed by atoms with van der Waals surface area (Å²) in [7, 11) is 1.45. The van der Waals surface area contributed by atoms with Crippen molar-refractivity contribution in [2.75, 3.05) is 12.4 Å². The molecule has 0 aromatic heterocycles. The van der Waals surface area contributed by atoms with E-state index in [1.807, 2.05) is 0 Å². The Balaban J connectivity index is 2.63. The normalized spacial score (nSPS) is 22.2. The molecule has 1 heterocycles. The molecule has 16 heavy (non-hydrogen) atoms. The van der Waals surface area contributed by atoms with Crippen molar-refractivity contribution in [2.45, 2.75) is 12.0 Å². The Hall–Kier alpha value is -2.06. The van der Waals surface area contributed by atoms with E-state index in [1.165, 1.54) is 7.11 Å². The molecule has 0 saturated carbocycles. The topological polar surface area (TPSA) is 82.3 Å². The maximum Gasteiger partial charge on any atom is 0.262 e. The highest BCUT2D eigenvalue weighted by Gasteiger charge is 2.47. The minimum absolute atomic E-state index is 0.299. The first kappa shape index (κ1) is 10.5. The van der Waals surface area contributed by atoms with Gasteiger partial charge < -0.3 is 15.2 Å². The molecule has 1 aliphatic heterocycles. The van der Waals surface area contributed by atoms with Crippen molar-refractivity contribution in [2.24, 2.45) is 0 Å². The van der Waals surface area contributed by atoms with Crippen LogP contribution in [0.5, 0.6) is 5.75 Å². The summed E-state index contributed by atoms with van der Waals surface area (Å²) in [4.78, 5) is 11.6. The highest BCUT2D eigenvalue weighted by molar-refractivity contribution is 6.06. The van der Waals surface area contributed by atoms with Crippen LogP contribution in [0.2, 0.25) is 0 Å². The lowest BCUT2D eigenvalue weighted by atomic mass is 9.91. The van der Waals surface area contributed by atoms with Crippen molar-refractivity contribution in [3.8, 4) is 11.8 Å². The molecule has 1 amide bonds. The first-order valence-corrected chi connectivity index (χ1v) is 4.71. The summed E-state index contributed by atoms with van der Waals surface area (Å²) in [6, 6.07) is 6.81. The number of nitriles is 1. The van der Waals surface area contributed by atoms with Crippen molar-refractivity contribution in [1.82, 2.24) is 0 Å². The van der Waals surface area contributed by atoms with Crippen LogP contribution >= 0.6 is 0 Å². The van der Waals surface area contributed by atoms with Gasteiger partial charge in [0.2, 0.25) is 0 Å². The molecule has 0 saturated heterocycles. The van der Waals surface area contributed by atoms with Crippen LogP contribution in [0, 0.1) is 11.3 Å². The molecule has 0 bridgehead atoms. The van der Waals surface area contributed by atoms with E-state index < -0.39 is 11.5 Å². The summed E-state index contributed by atoms with van der Waals surface area (Å²) in [5.74, 6) is -0.192. The van der Waals surface area contributed by atoms with Crippen molar-refractivity contribution in [1.29, 1.82) is 5.26 Å².